The number of benzene rings is 1. The molecule has 0 bridgehead atoms. The standard InChI is InChI=1S/C15H16Cl2N2O7/c1-7(20)13(26-8(2)21)11(18-15(23)14(16)17)12(22)9-3-5-10(6-4-9)19(24)25/h3-6,11-14,22H,1-2H3,(H,18,23)/t11-,12+,13?/m0/s1. The first-order chi connectivity index (χ1) is 12.0. The number of non-ortho nitro benzene ring substituents is 1. The molecule has 26 heavy (non-hydrogen) atoms. The third kappa shape index (κ3) is 5.94. The highest BCUT2D eigenvalue weighted by Gasteiger charge is 2.37. The van der Waals surface area contributed by atoms with Crippen molar-refractivity contribution in [2.75, 3.05) is 0 Å². The van der Waals surface area contributed by atoms with Crippen molar-refractivity contribution in [1.82, 2.24) is 5.32 Å². The Hall–Kier alpha value is -2.23. The molecule has 0 aromatic heterocycles. The summed E-state index contributed by atoms with van der Waals surface area (Å²) in [5, 5.41) is 23.5. The number of hydrogen-bond donors (Lipinski definition) is 2. The second-order valence-electron chi connectivity index (χ2n) is 5.27. The molecule has 0 radical (unpaired) electrons. The van der Waals surface area contributed by atoms with Gasteiger partial charge in [0.05, 0.1) is 4.92 Å². The van der Waals surface area contributed by atoms with Gasteiger partial charge in [0.1, 0.15) is 12.1 Å². The van der Waals surface area contributed by atoms with Crippen LogP contribution in [-0.4, -0.2) is 44.7 Å². The minimum absolute atomic E-state index is 0.139. The number of aliphatic hydroxyl groups excluding tert-OH is 1. The lowest BCUT2D eigenvalue weighted by Crippen LogP contribution is -2.52. The van der Waals surface area contributed by atoms with E-state index in [1.165, 1.54) is 12.1 Å². The van der Waals surface area contributed by atoms with Gasteiger partial charge in [0.25, 0.3) is 11.6 Å². The fourth-order valence-electron chi connectivity index (χ4n) is 2.14. The van der Waals surface area contributed by atoms with Crippen LogP contribution in [0.1, 0.15) is 25.5 Å². The third-order valence-electron chi connectivity index (χ3n) is 3.31. The summed E-state index contributed by atoms with van der Waals surface area (Å²) in [6.07, 6.45) is -3.06. The minimum atomic E-state index is -1.54. The van der Waals surface area contributed by atoms with E-state index in [1.54, 1.807) is 0 Å². The molecule has 0 aliphatic carbocycles. The van der Waals surface area contributed by atoms with E-state index in [4.69, 9.17) is 27.9 Å². The van der Waals surface area contributed by atoms with Crippen LogP contribution in [0, 0.1) is 10.1 Å². The van der Waals surface area contributed by atoms with Crippen LogP contribution in [0.25, 0.3) is 0 Å². The normalized spacial score (nSPS) is 14.2. The maximum absolute atomic E-state index is 11.9. The smallest absolute Gasteiger partial charge is 0.303 e. The highest BCUT2D eigenvalue weighted by molar-refractivity contribution is 6.53. The molecule has 0 fully saturated rings. The fraction of sp³-hybridized carbons (Fsp3) is 0.400. The molecule has 1 rings (SSSR count). The zero-order chi connectivity index (χ0) is 20.0. The Morgan fingerprint density at radius 2 is 1.73 bits per heavy atom. The van der Waals surface area contributed by atoms with Gasteiger partial charge >= 0.3 is 5.97 Å². The largest absolute Gasteiger partial charge is 0.452 e. The summed E-state index contributed by atoms with van der Waals surface area (Å²) in [5.41, 5.74) is -0.0776. The number of rotatable bonds is 8. The number of nitro groups is 1. The van der Waals surface area contributed by atoms with Crippen molar-refractivity contribution in [2.24, 2.45) is 0 Å². The topological polar surface area (TPSA) is 136 Å². The summed E-state index contributed by atoms with van der Waals surface area (Å²) in [6.45, 7) is 2.16. The molecule has 2 N–H and O–H groups in total. The first-order valence-electron chi connectivity index (χ1n) is 7.23. The van der Waals surface area contributed by atoms with Gasteiger partial charge < -0.3 is 15.2 Å². The number of Topliss-reactive ketones (excluding diaryl/α,β-unsaturated/α-hetero) is 1. The van der Waals surface area contributed by atoms with Gasteiger partial charge in [-0.1, -0.05) is 23.2 Å². The molecule has 1 aromatic rings. The molecule has 0 heterocycles. The Balaban J connectivity index is 3.23. The van der Waals surface area contributed by atoms with Crippen molar-refractivity contribution >= 4 is 46.5 Å². The molecule has 0 aliphatic heterocycles. The first-order valence-corrected chi connectivity index (χ1v) is 8.10. The highest BCUT2D eigenvalue weighted by atomic mass is 35.5. The van der Waals surface area contributed by atoms with E-state index in [2.05, 4.69) is 5.32 Å². The molecular formula is C15H16Cl2N2O7. The molecule has 9 nitrogen and oxygen atoms in total. The second-order valence-corrected chi connectivity index (χ2v) is 6.37. The number of nitro benzene ring substituents is 1. The lowest BCUT2D eigenvalue weighted by Gasteiger charge is -2.30. The van der Waals surface area contributed by atoms with Gasteiger partial charge in [-0.3, -0.25) is 24.5 Å². The number of nitrogens with one attached hydrogen (secondary N) is 1. The van der Waals surface area contributed by atoms with Crippen LogP contribution in [-0.2, 0) is 19.1 Å². The number of carbonyl (C=O) groups is 3. The molecule has 3 atom stereocenters. The van der Waals surface area contributed by atoms with Crippen molar-refractivity contribution < 1.29 is 29.2 Å². The van der Waals surface area contributed by atoms with Crippen LogP contribution in [0.5, 0.6) is 0 Å². The summed E-state index contributed by atoms with van der Waals surface area (Å²) in [5.74, 6) is -2.38. The van der Waals surface area contributed by atoms with E-state index in [0.29, 0.717) is 0 Å². The van der Waals surface area contributed by atoms with E-state index in [1.807, 2.05) is 0 Å². The van der Waals surface area contributed by atoms with Gasteiger partial charge in [-0.05, 0) is 24.6 Å². The van der Waals surface area contributed by atoms with E-state index in [0.717, 1.165) is 26.0 Å². The zero-order valence-electron chi connectivity index (χ0n) is 13.7. The van der Waals surface area contributed by atoms with Gasteiger partial charge in [0, 0.05) is 19.1 Å². The Labute approximate surface area is 158 Å². The average molecular weight is 407 g/mol. The number of amides is 1. The van der Waals surface area contributed by atoms with Gasteiger partial charge in [-0.25, -0.2) is 0 Å². The lowest BCUT2D eigenvalue weighted by atomic mass is 9.95. The van der Waals surface area contributed by atoms with Gasteiger partial charge in [-0.15, -0.1) is 0 Å². The molecule has 0 saturated carbocycles. The summed E-state index contributed by atoms with van der Waals surface area (Å²) in [7, 11) is 0. The lowest BCUT2D eigenvalue weighted by molar-refractivity contribution is -0.384. The van der Waals surface area contributed by atoms with Crippen LogP contribution in [0.2, 0.25) is 0 Å². The summed E-state index contributed by atoms with van der Waals surface area (Å²) < 4.78 is 4.90. The number of alkyl halides is 2. The summed E-state index contributed by atoms with van der Waals surface area (Å²) in [4.78, 5) is 43.5. The van der Waals surface area contributed by atoms with Gasteiger partial charge in [-0.2, -0.15) is 0 Å². The van der Waals surface area contributed by atoms with Crippen molar-refractivity contribution in [1.29, 1.82) is 0 Å². The van der Waals surface area contributed by atoms with E-state index in [9.17, 15) is 29.6 Å². The number of halogens is 2. The van der Waals surface area contributed by atoms with Crippen molar-refractivity contribution in [3.8, 4) is 0 Å². The van der Waals surface area contributed by atoms with E-state index < -0.39 is 45.7 Å². The van der Waals surface area contributed by atoms with Crippen LogP contribution in [0.4, 0.5) is 5.69 Å². The molecule has 0 aliphatic rings. The number of nitrogens with zero attached hydrogens (tertiary/aromatic N) is 1. The van der Waals surface area contributed by atoms with Crippen molar-refractivity contribution in [2.45, 2.75) is 36.9 Å². The number of aliphatic hydroxyl groups is 1. The maximum atomic E-state index is 11.9. The molecule has 142 valence electrons. The fourth-order valence-corrected chi connectivity index (χ4v) is 2.26. The molecule has 1 amide bonds. The molecule has 0 spiro atoms. The Morgan fingerprint density at radius 1 is 1.19 bits per heavy atom. The number of esters is 1. The number of ketones is 1. The number of hydrogen-bond acceptors (Lipinski definition) is 7. The van der Waals surface area contributed by atoms with Crippen LogP contribution in [0.15, 0.2) is 24.3 Å². The zero-order valence-corrected chi connectivity index (χ0v) is 15.2. The van der Waals surface area contributed by atoms with Crippen molar-refractivity contribution in [3.63, 3.8) is 0 Å². The van der Waals surface area contributed by atoms with Crippen LogP contribution >= 0.6 is 23.2 Å². The Morgan fingerprint density at radius 3 is 2.12 bits per heavy atom. The minimum Gasteiger partial charge on any atom is -0.452 e. The van der Waals surface area contributed by atoms with Crippen LogP contribution in [0.3, 0.4) is 0 Å². The first kappa shape index (κ1) is 21.8. The predicted molar refractivity (Wildman–Crippen MR) is 91.7 cm³/mol. The highest BCUT2D eigenvalue weighted by Crippen LogP contribution is 2.24. The summed E-state index contributed by atoms with van der Waals surface area (Å²) in [6, 6.07) is 3.35. The Bertz CT molecular complexity index is 694. The molecular weight excluding hydrogens is 391 g/mol. The third-order valence-corrected chi connectivity index (χ3v) is 3.71. The predicted octanol–water partition coefficient (Wildman–Crippen LogP) is 1.44. The Kier molecular flexibility index (Phi) is 7.94. The molecule has 1 aromatic carbocycles. The molecule has 11 heteroatoms. The monoisotopic (exact) mass is 406 g/mol. The number of ether oxygens (including phenoxy) is 1. The second kappa shape index (κ2) is 9.46. The van der Waals surface area contributed by atoms with Gasteiger partial charge in [0.15, 0.2) is 16.7 Å². The van der Waals surface area contributed by atoms with Crippen molar-refractivity contribution in [3.05, 3.63) is 39.9 Å². The van der Waals surface area contributed by atoms with E-state index >= 15 is 0 Å². The van der Waals surface area contributed by atoms with E-state index in [-0.39, 0.29) is 11.3 Å². The maximum Gasteiger partial charge on any atom is 0.303 e. The van der Waals surface area contributed by atoms with Gasteiger partial charge in [0.2, 0.25) is 0 Å². The molecule has 0 saturated heterocycles. The summed E-state index contributed by atoms with van der Waals surface area (Å²) >= 11 is 10.9. The van der Waals surface area contributed by atoms with Crippen LogP contribution < -0.4 is 5.32 Å². The average Bonchev–Trinajstić information content (AvgIpc) is 2.56. The number of carbonyl (C=O) groups excluding carboxylic acids is 3. The quantitative estimate of drug-likeness (QED) is 0.288. The SMILES string of the molecule is CC(=O)OC(C(C)=O)[C@@H](NC(=O)C(Cl)Cl)[C@H](O)c1ccc([N+](=O)[O-])cc1. The molecule has 1 unspecified atom stereocenters.